The van der Waals surface area contributed by atoms with Crippen molar-refractivity contribution < 1.29 is 9.90 Å². The van der Waals surface area contributed by atoms with Crippen LogP contribution in [0.1, 0.15) is 0 Å². The first-order valence-electron chi connectivity index (χ1n) is 0.950. The summed E-state index contributed by atoms with van der Waals surface area (Å²) < 4.78 is 0. The average Bonchev–Trinajstić information content (AvgIpc) is 1.41. The summed E-state index contributed by atoms with van der Waals surface area (Å²) in [6.45, 7) is 0. The molecule has 0 spiro atoms. The summed E-state index contributed by atoms with van der Waals surface area (Å²) in [5.74, 6) is 8.00. The minimum absolute atomic E-state index is 1.36. The van der Waals surface area contributed by atoms with Crippen LogP contribution in [-0.2, 0) is 0 Å². The molecule has 0 aliphatic carbocycles. The van der Waals surface area contributed by atoms with E-state index in [-0.39, 0.29) is 0 Å². The largest absolute Gasteiger partial charge is 0.469 e. The maximum Gasteiger partial charge on any atom is 0.401 e. The van der Waals surface area contributed by atoms with Gasteiger partial charge in [-0.2, -0.15) is 0 Å². The van der Waals surface area contributed by atoms with E-state index >= 15 is 0 Å². The molecule has 0 aliphatic rings. The van der Waals surface area contributed by atoms with Gasteiger partial charge in [0.15, 0.2) is 0 Å². The van der Waals surface area contributed by atoms with Crippen molar-refractivity contribution >= 4 is 17.0 Å². The van der Waals surface area contributed by atoms with Crippen molar-refractivity contribution in [2.75, 3.05) is 0 Å². The predicted octanol–water partition coefficient (Wildman–Crippen LogP) is -0.278. The number of hydrazine groups is 1. The number of hydrogen-bond donors (Lipinski definition) is 3. The highest BCUT2D eigenvalue weighted by atomic mass is 35.5. The van der Waals surface area contributed by atoms with Gasteiger partial charge in [0.25, 0.3) is 0 Å². The quantitative estimate of drug-likeness (QED) is 0.228. The topological polar surface area (TPSA) is 89.3 Å². The zero-order valence-electron chi connectivity index (χ0n) is 2.89. The van der Waals surface area contributed by atoms with Crippen LogP contribution in [0.4, 0.5) is 4.79 Å². The van der Waals surface area contributed by atoms with Gasteiger partial charge in [0, 0.05) is 11.6 Å². The molecule has 0 saturated carbocycles. The van der Waals surface area contributed by atoms with Gasteiger partial charge >= 0.3 is 5.43 Å². The van der Waals surface area contributed by atoms with E-state index in [1.54, 1.807) is 0 Å². The SMILES string of the molecule is NN.O=C(O)Cl. The Morgan fingerprint density at radius 1 is 1.67 bits per heavy atom. The van der Waals surface area contributed by atoms with E-state index in [0.717, 1.165) is 0 Å². The molecule has 0 aliphatic heterocycles. The van der Waals surface area contributed by atoms with Crippen molar-refractivity contribution in [2.45, 2.75) is 0 Å². The van der Waals surface area contributed by atoms with Crippen LogP contribution in [0.3, 0.4) is 0 Å². The third-order valence-corrected chi connectivity index (χ3v) is 0. The fourth-order valence-electron chi connectivity index (χ4n) is 0. The molecule has 38 valence electrons. The van der Waals surface area contributed by atoms with Gasteiger partial charge in [-0.15, -0.1) is 0 Å². The second-order valence-corrected chi connectivity index (χ2v) is 0.576. The molecule has 0 rings (SSSR count). The van der Waals surface area contributed by atoms with Crippen LogP contribution in [0.2, 0.25) is 0 Å². The van der Waals surface area contributed by atoms with Crippen molar-refractivity contribution in [1.29, 1.82) is 0 Å². The molecule has 0 bridgehead atoms. The van der Waals surface area contributed by atoms with Crippen LogP contribution < -0.4 is 11.7 Å². The standard InChI is InChI=1S/CHClO2.H4N2/c2-1(3)4;1-2/h(H,3,4);1-2H2. The van der Waals surface area contributed by atoms with Gasteiger partial charge in [0.1, 0.15) is 0 Å². The van der Waals surface area contributed by atoms with Crippen LogP contribution in [0.15, 0.2) is 0 Å². The molecule has 5 N–H and O–H groups in total. The highest BCUT2D eigenvalue weighted by Gasteiger charge is 1.71. The van der Waals surface area contributed by atoms with E-state index in [1.165, 1.54) is 0 Å². The molecule has 0 amide bonds. The Balaban J connectivity index is 0. The molecule has 0 unspecified atom stereocenters. The molecule has 0 heterocycles. The van der Waals surface area contributed by atoms with Crippen LogP contribution >= 0.6 is 11.6 Å². The third kappa shape index (κ3) is 258. The van der Waals surface area contributed by atoms with Crippen molar-refractivity contribution in [3.8, 4) is 0 Å². The number of rotatable bonds is 0. The molecular weight excluding hydrogens is 107 g/mol. The highest BCUT2D eigenvalue weighted by molar-refractivity contribution is 6.60. The second kappa shape index (κ2) is 8.82. The van der Waals surface area contributed by atoms with Gasteiger partial charge in [-0.3, -0.25) is 11.7 Å². The Kier molecular flexibility index (Phi) is 13.5. The van der Waals surface area contributed by atoms with Crippen LogP contribution in [0.5, 0.6) is 0 Å². The van der Waals surface area contributed by atoms with E-state index in [2.05, 4.69) is 23.3 Å². The van der Waals surface area contributed by atoms with Gasteiger partial charge in [-0.05, 0) is 0 Å². The highest BCUT2D eigenvalue weighted by Crippen LogP contribution is 1.67. The lowest BCUT2D eigenvalue weighted by atomic mass is 11.6. The summed E-state index contributed by atoms with van der Waals surface area (Å²) in [7, 11) is 0. The monoisotopic (exact) mass is 112 g/mol. The fourth-order valence-corrected chi connectivity index (χ4v) is 0. The molecule has 0 aromatic rings. The number of carboxylic acid groups (broad SMARTS) is 1. The first kappa shape index (κ1) is 9.19. The second-order valence-electron chi connectivity index (χ2n) is 0.253. The summed E-state index contributed by atoms with van der Waals surface area (Å²) >= 11 is 4.19. The van der Waals surface area contributed by atoms with Crippen LogP contribution in [0.25, 0.3) is 0 Å². The van der Waals surface area contributed by atoms with Crippen molar-refractivity contribution in [3.05, 3.63) is 0 Å². The third-order valence-electron chi connectivity index (χ3n) is 0. The number of hydrogen-bond acceptors (Lipinski definition) is 3. The lowest BCUT2D eigenvalue weighted by Gasteiger charge is -1.55. The first-order chi connectivity index (χ1) is 2.73. The normalized spacial score (nSPS) is 5.17. The zero-order valence-corrected chi connectivity index (χ0v) is 3.64. The summed E-state index contributed by atoms with van der Waals surface area (Å²) in [6, 6.07) is 0. The van der Waals surface area contributed by atoms with Crippen molar-refractivity contribution in [1.82, 2.24) is 0 Å². The average molecular weight is 113 g/mol. The Hall–Kier alpha value is -0.320. The van der Waals surface area contributed by atoms with Gasteiger partial charge in [0.05, 0.1) is 0 Å². The zero-order chi connectivity index (χ0) is 5.58. The molecule has 0 radical (unpaired) electrons. The Morgan fingerprint density at radius 2 is 1.67 bits per heavy atom. The van der Waals surface area contributed by atoms with Crippen LogP contribution in [-0.4, -0.2) is 10.5 Å². The number of nitrogens with two attached hydrogens (primary N) is 2. The summed E-state index contributed by atoms with van der Waals surface area (Å²) in [5, 5.41) is 7.18. The smallest absolute Gasteiger partial charge is 0.401 e. The summed E-state index contributed by atoms with van der Waals surface area (Å²) in [5.41, 5.74) is -1.36. The minimum Gasteiger partial charge on any atom is -0.469 e. The molecule has 6 heavy (non-hydrogen) atoms. The molecule has 0 fully saturated rings. The number of halogens is 1. The van der Waals surface area contributed by atoms with E-state index in [1.807, 2.05) is 0 Å². The van der Waals surface area contributed by atoms with E-state index < -0.39 is 5.43 Å². The van der Waals surface area contributed by atoms with Crippen LogP contribution in [0, 0.1) is 0 Å². The van der Waals surface area contributed by atoms with Gasteiger partial charge in [-0.1, -0.05) is 0 Å². The van der Waals surface area contributed by atoms with Gasteiger partial charge in [-0.25, -0.2) is 4.79 Å². The van der Waals surface area contributed by atoms with Gasteiger partial charge < -0.3 is 5.11 Å². The molecule has 4 nitrogen and oxygen atoms in total. The molecule has 5 heteroatoms. The van der Waals surface area contributed by atoms with E-state index in [9.17, 15) is 0 Å². The lowest BCUT2D eigenvalue weighted by Crippen LogP contribution is -2.02. The number of carbonyl (C=O) groups is 1. The van der Waals surface area contributed by atoms with Gasteiger partial charge in [0.2, 0.25) is 0 Å². The summed E-state index contributed by atoms with van der Waals surface area (Å²) in [6.07, 6.45) is 0. The fraction of sp³-hybridized carbons (Fsp3) is 0. The Labute approximate surface area is 39.7 Å². The van der Waals surface area contributed by atoms with Crippen molar-refractivity contribution in [2.24, 2.45) is 11.7 Å². The molecular formula is CH5ClN2O2. The summed E-state index contributed by atoms with van der Waals surface area (Å²) in [4.78, 5) is 8.77. The minimum atomic E-state index is -1.36. The molecule has 0 atom stereocenters. The van der Waals surface area contributed by atoms with E-state index in [0.29, 0.717) is 0 Å². The van der Waals surface area contributed by atoms with E-state index in [4.69, 9.17) is 9.90 Å². The maximum absolute atomic E-state index is 8.77. The van der Waals surface area contributed by atoms with Crippen molar-refractivity contribution in [3.63, 3.8) is 0 Å². The molecule has 0 saturated heterocycles. The lowest BCUT2D eigenvalue weighted by molar-refractivity contribution is 0.220. The molecule has 0 aromatic heterocycles. The first-order valence-corrected chi connectivity index (χ1v) is 1.33. The Bertz CT molecular complexity index is 34.5. The Morgan fingerprint density at radius 3 is 1.67 bits per heavy atom. The molecule has 0 aromatic carbocycles. The maximum atomic E-state index is 8.77. The predicted molar refractivity (Wildman–Crippen MR) is 22.3 cm³/mol.